The molecule has 0 aromatic rings. The average molecular weight is 209 g/mol. The van der Waals surface area contributed by atoms with Crippen molar-refractivity contribution >= 4 is 33.3 Å². The smallest absolute Gasteiger partial charge is 0.114 e. The van der Waals surface area contributed by atoms with Crippen molar-refractivity contribution < 1.29 is 0 Å². The van der Waals surface area contributed by atoms with E-state index in [2.05, 4.69) is 13.8 Å². The Morgan fingerprint density at radius 1 is 1.44 bits per heavy atom. The Hall–Kier alpha value is 1.01. The highest BCUT2D eigenvalue weighted by Gasteiger charge is 1.94. The van der Waals surface area contributed by atoms with Crippen molar-refractivity contribution in [3.8, 4) is 0 Å². The summed E-state index contributed by atoms with van der Waals surface area (Å²) in [5.41, 5.74) is 0. The lowest BCUT2D eigenvalue weighted by Gasteiger charge is -2.04. The minimum Gasteiger partial charge on any atom is -0.114 e. The molecule has 0 radical (unpaired) electrons. The highest BCUT2D eigenvalue weighted by atomic mass is 79.9. The van der Waals surface area contributed by atoms with E-state index in [-0.39, 0.29) is 17.0 Å². The molecule has 0 spiro atoms. The second-order valence-electron chi connectivity index (χ2n) is 2.66. The van der Waals surface area contributed by atoms with Crippen LogP contribution in [0.4, 0.5) is 0 Å². The van der Waals surface area contributed by atoms with Crippen molar-refractivity contribution in [1.29, 1.82) is 0 Å². The lowest BCUT2D eigenvalue weighted by atomic mass is 10.1. The molecular weight excluding hydrogens is 191 g/mol. The van der Waals surface area contributed by atoms with Crippen LogP contribution >= 0.6 is 17.0 Å². The normalized spacial score (nSPS) is 12.2. The summed E-state index contributed by atoms with van der Waals surface area (Å²) >= 11 is 1.39. The van der Waals surface area contributed by atoms with Crippen LogP contribution in [0.25, 0.3) is 0 Å². The molecule has 0 aliphatic heterocycles. The highest BCUT2D eigenvalue weighted by molar-refractivity contribution is 8.93. The van der Waals surface area contributed by atoms with Crippen LogP contribution in [0.1, 0.15) is 33.1 Å². The van der Waals surface area contributed by atoms with Gasteiger partial charge in [-0.1, -0.05) is 44.3 Å². The quantitative estimate of drug-likeness (QED) is 0.624. The summed E-state index contributed by atoms with van der Waals surface area (Å²) < 4.78 is 0. The van der Waals surface area contributed by atoms with Gasteiger partial charge in [0.25, 0.3) is 0 Å². The Labute approximate surface area is 77.6 Å². The van der Waals surface area contributed by atoms with Gasteiger partial charge in [0, 0.05) is 0 Å². The Kier molecular flexibility index (Phi) is 12.7. The fourth-order valence-corrected chi connectivity index (χ4v) is 1.16. The van der Waals surface area contributed by atoms with Gasteiger partial charge in [0.15, 0.2) is 0 Å². The third kappa shape index (κ3) is 9.01. The lowest BCUT2D eigenvalue weighted by Crippen LogP contribution is -1.91. The average Bonchev–Trinajstić information content (AvgIpc) is 1.83. The molecular formula is C7H18AlBr. The zero-order chi connectivity index (χ0) is 6.41. The summed E-state index contributed by atoms with van der Waals surface area (Å²) in [6.45, 7) is 4.63. The largest absolute Gasteiger partial charge is 0.212 e. The molecule has 0 aromatic carbocycles. The maximum absolute atomic E-state index is 2.36. The van der Waals surface area contributed by atoms with E-state index in [0.717, 1.165) is 5.92 Å². The summed E-state index contributed by atoms with van der Waals surface area (Å²) in [6.07, 6.45) is 4.26. The first kappa shape index (κ1) is 12.7. The Morgan fingerprint density at radius 2 is 2.00 bits per heavy atom. The molecule has 0 aromatic heterocycles. The molecule has 0 heterocycles. The number of rotatable bonds is 4. The molecule has 56 valence electrons. The Morgan fingerprint density at radius 3 is 2.33 bits per heavy atom. The zero-order valence-corrected chi connectivity index (χ0v) is 10.5. The molecule has 1 atom stereocenters. The topological polar surface area (TPSA) is 0 Å². The Balaban J connectivity index is 0. The molecule has 0 N–H and O–H groups in total. The van der Waals surface area contributed by atoms with Crippen LogP contribution in [0.2, 0.25) is 5.28 Å². The molecule has 0 saturated carbocycles. The van der Waals surface area contributed by atoms with Gasteiger partial charge in [-0.15, -0.1) is 17.0 Å². The zero-order valence-electron chi connectivity index (χ0n) is 6.81. The molecule has 0 rings (SSSR count). The molecule has 0 nitrogen and oxygen atoms in total. The molecule has 0 aliphatic carbocycles. The van der Waals surface area contributed by atoms with E-state index >= 15 is 0 Å². The van der Waals surface area contributed by atoms with E-state index in [4.69, 9.17) is 0 Å². The van der Waals surface area contributed by atoms with Gasteiger partial charge in [0.1, 0.15) is 0 Å². The summed E-state index contributed by atoms with van der Waals surface area (Å²) in [7, 11) is 0. The van der Waals surface area contributed by atoms with Crippen LogP contribution in [0.3, 0.4) is 0 Å². The number of hydrogen-bond acceptors (Lipinski definition) is 0. The fourth-order valence-electron chi connectivity index (χ4n) is 0.757. The van der Waals surface area contributed by atoms with E-state index in [1.165, 1.54) is 40.8 Å². The van der Waals surface area contributed by atoms with E-state index in [1.807, 2.05) is 0 Å². The molecule has 0 fully saturated rings. The monoisotopic (exact) mass is 208 g/mol. The number of hydrogen-bond donors (Lipinski definition) is 0. The van der Waals surface area contributed by atoms with Gasteiger partial charge in [-0.05, 0) is 0 Å². The van der Waals surface area contributed by atoms with Gasteiger partial charge in [-0.3, -0.25) is 0 Å². The summed E-state index contributed by atoms with van der Waals surface area (Å²) in [6, 6.07) is 0. The van der Waals surface area contributed by atoms with E-state index in [0.29, 0.717) is 0 Å². The molecule has 0 saturated heterocycles. The van der Waals surface area contributed by atoms with Gasteiger partial charge in [0.2, 0.25) is 16.3 Å². The number of unbranched alkanes of at least 4 members (excludes halogenated alkanes) is 1. The van der Waals surface area contributed by atoms with Crippen molar-refractivity contribution in [2.24, 2.45) is 5.92 Å². The summed E-state index contributed by atoms with van der Waals surface area (Å²) in [5.74, 6) is 1.02. The number of halogens is 1. The van der Waals surface area contributed by atoms with Gasteiger partial charge >= 0.3 is 0 Å². The van der Waals surface area contributed by atoms with Gasteiger partial charge in [0.05, 0.1) is 0 Å². The van der Waals surface area contributed by atoms with Crippen molar-refractivity contribution in [2.45, 2.75) is 38.4 Å². The lowest BCUT2D eigenvalue weighted by molar-refractivity contribution is 0.549. The van der Waals surface area contributed by atoms with Crippen molar-refractivity contribution in [1.82, 2.24) is 0 Å². The van der Waals surface area contributed by atoms with Gasteiger partial charge in [-0.2, -0.15) is 0 Å². The maximum atomic E-state index is 2.36. The molecule has 0 aliphatic rings. The standard InChI is InChI=1S/C7H15.Al.BrH.2H/c1-4-5-6-7(2)3;;;;/h7H,2,4-6H2,1,3H3;;1H;;. The first-order valence-corrected chi connectivity index (χ1v) is 5.22. The van der Waals surface area contributed by atoms with Crippen LogP contribution in [0.15, 0.2) is 0 Å². The third-order valence-corrected chi connectivity index (χ3v) is 3.14. The second-order valence-corrected chi connectivity index (χ2v) is 3.47. The molecule has 9 heavy (non-hydrogen) atoms. The van der Waals surface area contributed by atoms with Crippen LogP contribution < -0.4 is 0 Å². The van der Waals surface area contributed by atoms with Crippen LogP contribution in [0.5, 0.6) is 0 Å². The van der Waals surface area contributed by atoms with Gasteiger partial charge in [-0.25, -0.2) is 0 Å². The first-order chi connectivity index (χ1) is 3.81. The minimum absolute atomic E-state index is 0. The van der Waals surface area contributed by atoms with Crippen LogP contribution in [0, 0.1) is 5.92 Å². The van der Waals surface area contributed by atoms with Crippen molar-refractivity contribution in [2.75, 3.05) is 0 Å². The first-order valence-electron chi connectivity index (χ1n) is 3.81. The molecule has 0 amide bonds. The predicted molar refractivity (Wildman–Crippen MR) is 52.4 cm³/mol. The third-order valence-electron chi connectivity index (χ3n) is 1.75. The Bertz CT molecular complexity index is 48.2. The molecule has 2 heteroatoms. The minimum atomic E-state index is 0. The molecule has 0 bridgehead atoms. The fraction of sp³-hybridized carbons (Fsp3) is 1.00. The molecule has 1 unspecified atom stereocenters. The van der Waals surface area contributed by atoms with E-state index < -0.39 is 0 Å². The maximum Gasteiger partial charge on any atom is 0.212 e. The summed E-state index contributed by atoms with van der Waals surface area (Å²) in [4.78, 5) is 0. The second kappa shape index (κ2) is 9.01. The van der Waals surface area contributed by atoms with E-state index in [1.54, 1.807) is 0 Å². The van der Waals surface area contributed by atoms with Crippen molar-refractivity contribution in [3.05, 3.63) is 0 Å². The SMILES string of the molecule is Br.CCCCC(C)[CH2][AlH2]. The van der Waals surface area contributed by atoms with Crippen LogP contribution in [-0.2, 0) is 0 Å². The van der Waals surface area contributed by atoms with Crippen LogP contribution in [-0.4, -0.2) is 16.3 Å². The summed E-state index contributed by atoms with van der Waals surface area (Å²) in [5, 5.41) is 1.49. The van der Waals surface area contributed by atoms with E-state index in [9.17, 15) is 0 Å². The van der Waals surface area contributed by atoms with Crippen molar-refractivity contribution in [3.63, 3.8) is 0 Å². The predicted octanol–water partition coefficient (Wildman–Crippen LogP) is 2.44. The van der Waals surface area contributed by atoms with Gasteiger partial charge < -0.3 is 0 Å². The highest BCUT2D eigenvalue weighted by Crippen LogP contribution is 2.09.